The second-order valence-electron chi connectivity index (χ2n) is 5.75. The second-order valence-corrected chi connectivity index (χ2v) is 7.00. The molecule has 3 N–H and O–H groups in total. The molecule has 0 saturated heterocycles. The lowest BCUT2D eigenvalue weighted by Gasteiger charge is -2.04. The average molecular weight is 435 g/mol. The lowest BCUT2D eigenvalue weighted by Crippen LogP contribution is -2.23. The minimum absolute atomic E-state index is 0.114. The zero-order valence-electron chi connectivity index (χ0n) is 14.5. The number of benzene rings is 2. The summed E-state index contributed by atoms with van der Waals surface area (Å²) in [6.07, 6.45) is 3.43. The first-order valence-corrected chi connectivity index (χ1v) is 9.30. The van der Waals surface area contributed by atoms with E-state index in [9.17, 15) is 0 Å². The van der Waals surface area contributed by atoms with Gasteiger partial charge in [-0.3, -0.25) is 5.43 Å². The molecule has 7 nitrogen and oxygen atoms in total. The van der Waals surface area contributed by atoms with E-state index >= 15 is 0 Å². The smallest absolute Gasteiger partial charge is 0.184 e. The quantitative estimate of drug-likeness (QED) is 0.336. The second kappa shape index (κ2) is 9.50. The predicted molar refractivity (Wildman–Crippen MR) is 114 cm³/mol. The monoisotopic (exact) mass is 434 g/mol. The molecule has 2 aromatic carbocycles. The number of hydrazone groups is 1. The summed E-state index contributed by atoms with van der Waals surface area (Å²) >= 11 is 16.6. The van der Waals surface area contributed by atoms with Crippen LogP contribution in [0.4, 0.5) is 0 Å². The van der Waals surface area contributed by atoms with E-state index in [0.717, 1.165) is 11.1 Å². The molecule has 0 bridgehead atoms. The van der Waals surface area contributed by atoms with E-state index in [2.05, 4.69) is 33.1 Å². The third kappa shape index (κ3) is 5.91. The van der Waals surface area contributed by atoms with Crippen molar-refractivity contribution in [3.05, 3.63) is 75.5 Å². The number of hydrogen-bond acceptors (Lipinski definition) is 5. The summed E-state index contributed by atoms with van der Waals surface area (Å²) in [7, 11) is 0. The summed E-state index contributed by atoms with van der Waals surface area (Å²) < 4.78 is 7.45. The van der Waals surface area contributed by atoms with Crippen LogP contribution in [0.2, 0.25) is 10.0 Å². The van der Waals surface area contributed by atoms with E-state index in [1.54, 1.807) is 17.0 Å². The zero-order valence-corrected chi connectivity index (χ0v) is 16.9. The van der Waals surface area contributed by atoms with E-state index in [1.807, 2.05) is 42.6 Å². The molecule has 0 aliphatic rings. The van der Waals surface area contributed by atoms with Crippen LogP contribution in [0, 0.1) is 0 Å². The summed E-state index contributed by atoms with van der Waals surface area (Å²) in [5, 5.41) is 13.3. The van der Waals surface area contributed by atoms with E-state index in [0.29, 0.717) is 34.6 Å². The van der Waals surface area contributed by atoms with Crippen molar-refractivity contribution < 1.29 is 4.74 Å². The standard InChI is InChI=1S/C18H16Cl2N6OS/c19-16-6-3-13(7-17(16)20)9-26-10-14(23-25-26)11-27-15-4-1-12(2-5-15)8-22-24-18(21)28/h1-8,10H,9,11H2,(H3,21,24,28)/b22-8+. The molecule has 0 radical (unpaired) electrons. The molecule has 0 spiro atoms. The van der Waals surface area contributed by atoms with Crippen LogP contribution in [0.3, 0.4) is 0 Å². The Hall–Kier alpha value is -2.68. The van der Waals surface area contributed by atoms with E-state index < -0.39 is 0 Å². The van der Waals surface area contributed by atoms with Gasteiger partial charge in [0.25, 0.3) is 0 Å². The molecule has 0 unspecified atom stereocenters. The Bertz CT molecular complexity index is 990. The molecule has 144 valence electrons. The highest BCUT2D eigenvalue weighted by Gasteiger charge is 2.05. The van der Waals surface area contributed by atoms with Crippen LogP contribution in [0.25, 0.3) is 0 Å². The molecular weight excluding hydrogens is 419 g/mol. The summed E-state index contributed by atoms with van der Waals surface area (Å²) in [4.78, 5) is 0. The predicted octanol–water partition coefficient (Wildman–Crippen LogP) is 3.38. The Morgan fingerprint density at radius 1 is 1.21 bits per heavy atom. The molecule has 3 aromatic rings. The van der Waals surface area contributed by atoms with Gasteiger partial charge in [0.2, 0.25) is 0 Å². The number of ether oxygens (including phenoxy) is 1. The van der Waals surface area contributed by atoms with Gasteiger partial charge in [0.1, 0.15) is 18.1 Å². The van der Waals surface area contributed by atoms with Crippen LogP contribution in [-0.4, -0.2) is 26.3 Å². The number of nitrogens with two attached hydrogens (primary N) is 1. The number of thiocarbonyl (C=S) groups is 1. The molecule has 28 heavy (non-hydrogen) atoms. The maximum absolute atomic E-state index is 6.04. The van der Waals surface area contributed by atoms with E-state index in [1.165, 1.54) is 0 Å². The Kier molecular flexibility index (Phi) is 6.80. The third-order valence-corrected chi connectivity index (χ3v) is 4.40. The van der Waals surface area contributed by atoms with Gasteiger partial charge in [0.05, 0.1) is 29.0 Å². The SMILES string of the molecule is NC(=S)N/N=C/c1ccc(OCc2cn(Cc3ccc(Cl)c(Cl)c3)nn2)cc1. The first kappa shape index (κ1) is 20.1. The fraction of sp³-hybridized carbons (Fsp3) is 0.111. The molecule has 1 aromatic heterocycles. The molecule has 0 atom stereocenters. The lowest BCUT2D eigenvalue weighted by atomic mass is 10.2. The summed E-state index contributed by atoms with van der Waals surface area (Å²) in [6, 6.07) is 12.9. The number of aromatic nitrogens is 3. The van der Waals surface area contributed by atoms with Gasteiger partial charge in [-0.15, -0.1) is 5.10 Å². The van der Waals surface area contributed by atoms with Crippen molar-refractivity contribution >= 4 is 46.7 Å². The van der Waals surface area contributed by atoms with Crippen LogP contribution >= 0.6 is 35.4 Å². The largest absolute Gasteiger partial charge is 0.487 e. The highest BCUT2D eigenvalue weighted by Crippen LogP contribution is 2.23. The van der Waals surface area contributed by atoms with Crippen molar-refractivity contribution in [2.45, 2.75) is 13.2 Å². The Morgan fingerprint density at radius 3 is 2.71 bits per heavy atom. The van der Waals surface area contributed by atoms with Crippen molar-refractivity contribution in [2.24, 2.45) is 10.8 Å². The van der Waals surface area contributed by atoms with Crippen LogP contribution in [0.15, 0.2) is 53.8 Å². The number of rotatable bonds is 7. The van der Waals surface area contributed by atoms with Crippen LogP contribution in [0.1, 0.15) is 16.8 Å². The van der Waals surface area contributed by atoms with Crippen LogP contribution in [0.5, 0.6) is 5.75 Å². The van der Waals surface area contributed by atoms with Gasteiger partial charge in [0.15, 0.2) is 5.11 Å². The van der Waals surface area contributed by atoms with E-state index in [4.69, 9.17) is 33.7 Å². The highest BCUT2D eigenvalue weighted by atomic mass is 35.5. The molecule has 0 amide bonds. The maximum Gasteiger partial charge on any atom is 0.184 e. The zero-order chi connectivity index (χ0) is 19.9. The first-order chi connectivity index (χ1) is 13.5. The summed E-state index contributed by atoms with van der Waals surface area (Å²) in [5.74, 6) is 0.707. The molecule has 1 heterocycles. The molecule has 10 heteroatoms. The van der Waals surface area contributed by atoms with Crippen molar-refractivity contribution in [1.82, 2.24) is 20.4 Å². The number of halogens is 2. The van der Waals surface area contributed by atoms with Crippen LogP contribution < -0.4 is 15.9 Å². The highest BCUT2D eigenvalue weighted by molar-refractivity contribution is 7.80. The molecule has 0 aliphatic carbocycles. The molecular formula is C18H16Cl2N6OS. The van der Waals surface area contributed by atoms with Crippen molar-refractivity contribution in [3.63, 3.8) is 0 Å². The van der Waals surface area contributed by atoms with Crippen molar-refractivity contribution in [1.29, 1.82) is 0 Å². The minimum atomic E-state index is 0.114. The van der Waals surface area contributed by atoms with Crippen LogP contribution in [-0.2, 0) is 13.2 Å². The fourth-order valence-electron chi connectivity index (χ4n) is 2.28. The van der Waals surface area contributed by atoms with Gasteiger partial charge in [-0.2, -0.15) is 5.10 Å². The average Bonchev–Trinajstić information content (AvgIpc) is 3.11. The molecule has 3 rings (SSSR count). The van der Waals surface area contributed by atoms with Gasteiger partial charge in [-0.1, -0.05) is 34.5 Å². The molecule has 0 aliphatic heterocycles. The normalized spacial score (nSPS) is 10.9. The van der Waals surface area contributed by atoms with Crippen molar-refractivity contribution in [2.75, 3.05) is 0 Å². The summed E-state index contributed by atoms with van der Waals surface area (Å²) in [5.41, 5.74) is 10.4. The fourth-order valence-corrected chi connectivity index (χ4v) is 2.66. The number of nitrogens with one attached hydrogen (secondary N) is 1. The molecule has 0 fully saturated rings. The minimum Gasteiger partial charge on any atom is -0.487 e. The number of nitrogens with zero attached hydrogens (tertiary/aromatic N) is 4. The Balaban J connectivity index is 1.53. The Morgan fingerprint density at radius 2 is 2.00 bits per heavy atom. The van der Waals surface area contributed by atoms with Crippen molar-refractivity contribution in [3.8, 4) is 5.75 Å². The number of hydrogen-bond donors (Lipinski definition) is 2. The van der Waals surface area contributed by atoms with Gasteiger partial charge in [0, 0.05) is 0 Å². The molecule has 0 saturated carbocycles. The third-order valence-electron chi connectivity index (χ3n) is 3.57. The van der Waals surface area contributed by atoms with Gasteiger partial charge in [-0.25, -0.2) is 4.68 Å². The first-order valence-electron chi connectivity index (χ1n) is 8.14. The van der Waals surface area contributed by atoms with Gasteiger partial charge >= 0.3 is 0 Å². The topological polar surface area (TPSA) is 90.3 Å². The Labute approximate surface area is 177 Å². The lowest BCUT2D eigenvalue weighted by molar-refractivity contribution is 0.301. The van der Waals surface area contributed by atoms with Gasteiger partial charge in [-0.05, 0) is 59.7 Å². The maximum atomic E-state index is 6.04. The van der Waals surface area contributed by atoms with Gasteiger partial charge < -0.3 is 10.5 Å². The van der Waals surface area contributed by atoms with E-state index in [-0.39, 0.29) is 5.11 Å². The summed E-state index contributed by atoms with van der Waals surface area (Å²) in [6.45, 7) is 0.843.